The van der Waals surface area contributed by atoms with E-state index in [0.29, 0.717) is 33.2 Å². The van der Waals surface area contributed by atoms with E-state index in [-0.39, 0.29) is 11.4 Å². The number of nitrogen functional groups attached to an aromatic ring is 1. The number of hydrogen-bond donors (Lipinski definition) is 1. The molecule has 4 rings (SSSR count). The summed E-state index contributed by atoms with van der Waals surface area (Å²) in [5.74, 6) is 0.00623. The SMILES string of the molecule is CC(=O)c1ccc(-c2cc3oc(=O)c(Cc4cccc(N)c4)c(C)c3cc2Cl)s1. The minimum Gasteiger partial charge on any atom is -0.422 e. The molecule has 2 N–H and O–H groups in total. The van der Waals surface area contributed by atoms with E-state index < -0.39 is 0 Å². The highest BCUT2D eigenvalue weighted by Gasteiger charge is 2.16. The van der Waals surface area contributed by atoms with Crippen LogP contribution in [-0.2, 0) is 6.42 Å². The smallest absolute Gasteiger partial charge is 0.340 e. The van der Waals surface area contributed by atoms with Gasteiger partial charge in [-0.1, -0.05) is 23.7 Å². The summed E-state index contributed by atoms with van der Waals surface area (Å²) in [6, 6.07) is 14.7. The standard InChI is InChI=1S/C23H18ClNO3S/c1-12-16-10-19(24)18(22-7-6-21(29-22)13(2)26)11-20(16)28-23(27)17(12)9-14-4-3-5-15(25)8-14/h3-8,10-11H,9,25H2,1-2H3. The molecule has 29 heavy (non-hydrogen) atoms. The van der Waals surface area contributed by atoms with Crippen molar-refractivity contribution in [3.63, 3.8) is 0 Å². The van der Waals surface area contributed by atoms with Crippen LogP contribution in [0.5, 0.6) is 0 Å². The summed E-state index contributed by atoms with van der Waals surface area (Å²) >= 11 is 7.92. The van der Waals surface area contributed by atoms with Gasteiger partial charge >= 0.3 is 5.63 Å². The Hall–Kier alpha value is -2.89. The number of ketones is 1. The lowest BCUT2D eigenvalue weighted by Gasteiger charge is -2.10. The monoisotopic (exact) mass is 423 g/mol. The van der Waals surface area contributed by atoms with Crippen molar-refractivity contribution in [1.82, 2.24) is 0 Å². The number of aryl methyl sites for hydroxylation is 1. The molecule has 4 aromatic rings. The zero-order valence-electron chi connectivity index (χ0n) is 15.9. The lowest BCUT2D eigenvalue weighted by atomic mass is 9.98. The fourth-order valence-electron chi connectivity index (χ4n) is 3.38. The van der Waals surface area contributed by atoms with Gasteiger partial charge < -0.3 is 10.2 Å². The average Bonchev–Trinajstić information content (AvgIpc) is 3.16. The van der Waals surface area contributed by atoms with Crippen molar-refractivity contribution in [2.75, 3.05) is 5.73 Å². The van der Waals surface area contributed by atoms with Gasteiger partial charge in [0.1, 0.15) is 5.58 Å². The van der Waals surface area contributed by atoms with Gasteiger partial charge in [0, 0.05) is 33.5 Å². The third-order valence-corrected chi connectivity index (χ3v) is 6.46. The summed E-state index contributed by atoms with van der Waals surface area (Å²) < 4.78 is 5.64. The molecule has 0 fully saturated rings. The highest BCUT2D eigenvalue weighted by atomic mass is 35.5. The molecule has 0 aliphatic heterocycles. The van der Waals surface area contributed by atoms with Gasteiger partial charge in [-0.2, -0.15) is 0 Å². The second-order valence-electron chi connectivity index (χ2n) is 6.96. The number of thiophene rings is 1. The number of fused-ring (bicyclic) bond motifs is 1. The number of hydrogen-bond acceptors (Lipinski definition) is 5. The summed E-state index contributed by atoms with van der Waals surface area (Å²) in [6.45, 7) is 3.43. The number of rotatable bonds is 4. The van der Waals surface area contributed by atoms with Crippen molar-refractivity contribution >= 4 is 45.4 Å². The molecule has 0 atom stereocenters. The average molecular weight is 424 g/mol. The van der Waals surface area contributed by atoms with Crippen molar-refractivity contribution in [1.29, 1.82) is 0 Å². The number of carbonyl (C=O) groups is 1. The Morgan fingerprint density at radius 1 is 1.17 bits per heavy atom. The molecule has 146 valence electrons. The molecule has 0 unspecified atom stereocenters. The molecule has 0 bridgehead atoms. The number of nitrogens with two attached hydrogens (primary N) is 1. The maximum absolute atomic E-state index is 12.7. The number of anilines is 1. The summed E-state index contributed by atoms with van der Waals surface area (Å²) in [4.78, 5) is 25.8. The van der Waals surface area contributed by atoms with Gasteiger partial charge in [-0.25, -0.2) is 4.79 Å². The number of Topliss-reactive ketones (excluding diaryl/α,β-unsaturated/α-hetero) is 1. The molecule has 0 saturated carbocycles. The van der Waals surface area contributed by atoms with Crippen molar-refractivity contribution in [3.05, 3.63) is 85.5 Å². The second-order valence-corrected chi connectivity index (χ2v) is 8.45. The zero-order chi connectivity index (χ0) is 20.7. The van der Waals surface area contributed by atoms with Crippen LogP contribution in [0.4, 0.5) is 5.69 Å². The van der Waals surface area contributed by atoms with Crippen LogP contribution in [0.2, 0.25) is 5.02 Å². The Bertz CT molecular complexity index is 1320. The van der Waals surface area contributed by atoms with Crippen LogP contribution in [0.1, 0.15) is 33.3 Å². The molecule has 2 aromatic heterocycles. The van der Waals surface area contributed by atoms with Crippen LogP contribution in [0.3, 0.4) is 0 Å². The molecule has 2 heterocycles. The van der Waals surface area contributed by atoms with E-state index >= 15 is 0 Å². The highest BCUT2D eigenvalue weighted by Crippen LogP contribution is 2.37. The van der Waals surface area contributed by atoms with Crippen LogP contribution in [0, 0.1) is 6.92 Å². The van der Waals surface area contributed by atoms with E-state index in [1.165, 1.54) is 18.3 Å². The fourth-order valence-corrected chi connectivity index (χ4v) is 4.63. The van der Waals surface area contributed by atoms with Gasteiger partial charge in [-0.05, 0) is 61.4 Å². The summed E-state index contributed by atoms with van der Waals surface area (Å²) in [5.41, 5.74) is 9.71. The fraction of sp³-hybridized carbons (Fsp3) is 0.130. The largest absolute Gasteiger partial charge is 0.422 e. The zero-order valence-corrected chi connectivity index (χ0v) is 17.5. The van der Waals surface area contributed by atoms with E-state index in [1.807, 2.05) is 43.3 Å². The molecule has 0 aliphatic carbocycles. The van der Waals surface area contributed by atoms with Gasteiger partial charge in [0.25, 0.3) is 0 Å². The molecular weight excluding hydrogens is 406 g/mol. The Morgan fingerprint density at radius 2 is 1.97 bits per heavy atom. The minimum absolute atomic E-state index is 0.00623. The number of benzene rings is 2. The molecule has 4 nitrogen and oxygen atoms in total. The van der Waals surface area contributed by atoms with Gasteiger partial charge in [-0.15, -0.1) is 11.3 Å². The molecular formula is C23H18ClNO3S. The highest BCUT2D eigenvalue weighted by molar-refractivity contribution is 7.17. The molecule has 0 aliphatic rings. The van der Waals surface area contributed by atoms with Gasteiger partial charge in [0.2, 0.25) is 0 Å². The second kappa shape index (κ2) is 7.50. The van der Waals surface area contributed by atoms with E-state index in [1.54, 1.807) is 12.1 Å². The normalized spacial score (nSPS) is 11.1. The van der Waals surface area contributed by atoms with Crippen LogP contribution >= 0.6 is 22.9 Å². The molecule has 0 amide bonds. The molecule has 0 spiro atoms. The number of halogens is 1. The van der Waals surface area contributed by atoms with E-state index in [0.717, 1.165) is 27.0 Å². The summed E-state index contributed by atoms with van der Waals surface area (Å²) in [6.07, 6.45) is 0.432. The third-order valence-electron chi connectivity index (χ3n) is 4.93. The molecule has 0 radical (unpaired) electrons. The van der Waals surface area contributed by atoms with Crippen molar-refractivity contribution < 1.29 is 9.21 Å². The van der Waals surface area contributed by atoms with E-state index in [4.69, 9.17) is 21.8 Å². The first-order valence-electron chi connectivity index (χ1n) is 9.05. The van der Waals surface area contributed by atoms with E-state index in [2.05, 4.69) is 0 Å². The van der Waals surface area contributed by atoms with Crippen LogP contribution in [-0.4, -0.2) is 5.78 Å². The Morgan fingerprint density at radius 3 is 2.66 bits per heavy atom. The predicted molar refractivity (Wildman–Crippen MR) is 119 cm³/mol. The first kappa shape index (κ1) is 19.4. The Kier molecular flexibility index (Phi) is 5.03. The molecule has 2 aromatic carbocycles. The van der Waals surface area contributed by atoms with Crippen molar-refractivity contribution in [2.45, 2.75) is 20.3 Å². The van der Waals surface area contributed by atoms with Gasteiger partial charge in [0.15, 0.2) is 5.78 Å². The maximum Gasteiger partial charge on any atom is 0.340 e. The summed E-state index contributed by atoms with van der Waals surface area (Å²) in [5, 5.41) is 1.34. The molecule has 0 saturated heterocycles. The quantitative estimate of drug-likeness (QED) is 0.253. The third kappa shape index (κ3) is 3.71. The Labute approximate surface area is 176 Å². The van der Waals surface area contributed by atoms with Crippen LogP contribution in [0.25, 0.3) is 21.4 Å². The van der Waals surface area contributed by atoms with Gasteiger partial charge in [0.05, 0.1) is 9.90 Å². The minimum atomic E-state index is -0.374. The Balaban J connectivity index is 1.83. The van der Waals surface area contributed by atoms with Crippen molar-refractivity contribution in [3.8, 4) is 10.4 Å². The van der Waals surface area contributed by atoms with E-state index in [9.17, 15) is 9.59 Å². The van der Waals surface area contributed by atoms with Crippen LogP contribution in [0.15, 0.2) is 57.7 Å². The van der Waals surface area contributed by atoms with Crippen molar-refractivity contribution in [2.24, 2.45) is 0 Å². The maximum atomic E-state index is 12.7. The first-order valence-corrected chi connectivity index (χ1v) is 10.2. The lowest BCUT2D eigenvalue weighted by Crippen LogP contribution is -2.11. The predicted octanol–water partition coefficient (Wildman–Crippen LogP) is 5.86. The van der Waals surface area contributed by atoms with Gasteiger partial charge in [-0.3, -0.25) is 4.79 Å². The number of carbonyl (C=O) groups excluding carboxylic acids is 1. The van der Waals surface area contributed by atoms with Crippen LogP contribution < -0.4 is 11.4 Å². The first-order chi connectivity index (χ1) is 13.8. The topological polar surface area (TPSA) is 73.3 Å². The lowest BCUT2D eigenvalue weighted by molar-refractivity contribution is 0.102. The molecule has 6 heteroatoms. The summed E-state index contributed by atoms with van der Waals surface area (Å²) in [7, 11) is 0.